The van der Waals surface area contributed by atoms with E-state index in [-0.39, 0.29) is 5.75 Å². The van der Waals surface area contributed by atoms with Gasteiger partial charge in [0.15, 0.2) is 0 Å². The second-order valence-corrected chi connectivity index (χ2v) is 7.07. The molecule has 2 aromatic rings. The number of urea groups is 1. The molecule has 5 nitrogen and oxygen atoms in total. The van der Waals surface area contributed by atoms with Crippen molar-refractivity contribution in [2.75, 3.05) is 5.75 Å². The zero-order valence-electron chi connectivity index (χ0n) is 12.5. The molecule has 0 saturated carbocycles. The van der Waals surface area contributed by atoms with Crippen molar-refractivity contribution >= 4 is 22.7 Å². The highest BCUT2D eigenvalue weighted by atomic mass is 32.2. The van der Waals surface area contributed by atoms with Crippen molar-refractivity contribution in [1.29, 1.82) is 0 Å². The highest BCUT2D eigenvalue weighted by Gasteiger charge is 2.43. The Morgan fingerprint density at radius 1 is 0.957 bits per heavy atom. The van der Waals surface area contributed by atoms with Crippen LogP contribution in [0.2, 0.25) is 0 Å². The molecular weight excluding hydrogens is 312 g/mol. The number of hydrogen-bond donors (Lipinski definition) is 2. The highest BCUT2D eigenvalue weighted by molar-refractivity contribution is 7.85. The molecule has 2 N–H and O–H groups in total. The SMILES string of the molecule is CC1(CS(=O)c2ccc(-c3ccccc3)cc2)NC(=O)NC1=O. The van der Waals surface area contributed by atoms with Crippen molar-refractivity contribution in [3.8, 4) is 11.1 Å². The fourth-order valence-corrected chi connectivity index (χ4v) is 3.79. The third-order valence-electron chi connectivity index (χ3n) is 3.76. The average molecular weight is 328 g/mol. The molecule has 23 heavy (non-hydrogen) atoms. The van der Waals surface area contributed by atoms with Gasteiger partial charge >= 0.3 is 6.03 Å². The van der Waals surface area contributed by atoms with Gasteiger partial charge in [-0.2, -0.15) is 0 Å². The summed E-state index contributed by atoms with van der Waals surface area (Å²) in [6.45, 7) is 1.57. The number of hydrogen-bond acceptors (Lipinski definition) is 3. The number of rotatable bonds is 4. The van der Waals surface area contributed by atoms with Crippen molar-refractivity contribution in [2.24, 2.45) is 0 Å². The summed E-state index contributed by atoms with van der Waals surface area (Å²) in [5, 5.41) is 4.70. The Bertz CT molecular complexity index is 774. The maximum Gasteiger partial charge on any atom is 0.322 e. The second kappa shape index (κ2) is 5.96. The Balaban J connectivity index is 1.76. The highest BCUT2D eigenvalue weighted by Crippen LogP contribution is 2.22. The van der Waals surface area contributed by atoms with Crippen LogP contribution in [0.4, 0.5) is 4.79 Å². The zero-order valence-corrected chi connectivity index (χ0v) is 13.4. The summed E-state index contributed by atoms with van der Waals surface area (Å²) >= 11 is 0. The Labute approximate surface area is 136 Å². The van der Waals surface area contributed by atoms with E-state index in [2.05, 4.69) is 10.6 Å². The van der Waals surface area contributed by atoms with Crippen LogP contribution >= 0.6 is 0 Å². The minimum atomic E-state index is -1.39. The molecule has 1 aliphatic rings. The first-order valence-electron chi connectivity index (χ1n) is 7.15. The number of imide groups is 1. The fraction of sp³-hybridized carbons (Fsp3) is 0.176. The quantitative estimate of drug-likeness (QED) is 0.844. The first-order chi connectivity index (χ1) is 11.0. The normalized spacial score (nSPS) is 21.6. The monoisotopic (exact) mass is 328 g/mol. The van der Waals surface area contributed by atoms with E-state index in [1.54, 1.807) is 19.1 Å². The summed E-state index contributed by atoms with van der Waals surface area (Å²) in [4.78, 5) is 23.7. The lowest BCUT2D eigenvalue weighted by Gasteiger charge is -2.19. The van der Waals surface area contributed by atoms with Gasteiger partial charge < -0.3 is 5.32 Å². The van der Waals surface area contributed by atoms with E-state index in [0.717, 1.165) is 11.1 Å². The van der Waals surface area contributed by atoms with Gasteiger partial charge in [-0.05, 0) is 30.2 Å². The topological polar surface area (TPSA) is 75.3 Å². The summed E-state index contributed by atoms with van der Waals surface area (Å²) < 4.78 is 12.5. The van der Waals surface area contributed by atoms with Crippen LogP contribution in [-0.2, 0) is 15.6 Å². The third kappa shape index (κ3) is 3.17. The number of carbonyl (C=O) groups excluding carboxylic acids is 2. The number of nitrogens with one attached hydrogen (secondary N) is 2. The molecule has 2 unspecified atom stereocenters. The second-order valence-electron chi connectivity index (χ2n) is 5.62. The van der Waals surface area contributed by atoms with Crippen LogP contribution in [0.3, 0.4) is 0 Å². The molecule has 2 atom stereocenters. The van der Waals surface area contributed by atoms with Crippen LogP contribution in [0.15, 0.2) is 59.5 Å². The zero-order chi connectivity index (χ0) is 16.4. The van der Waals surface area contributed by atoms with Crippen LogP contribution in [0.5, 0.6) is 0 Å². The van der Waals surface area contributed by atoms with Gasteiger partial charge in [-0.1, -0.05) is 42.5 Å². The standard InChI is InChI=1S/C17H16N2O3S/c1-17(15(20)18-16(21)19-17)11-23(22)14-9-7-13(8-10-14)12-5-3-2-4-6-12/h2-10H,11H2,1H3,(H2,18,19,20,21). The molecule has 0 aliphatic carbocycles. The van der Waals surface area contributed by atoms with Gasteiger partial charge in [-0.25, -0.2) is 4.79 Å². The lowest BCUT2D eigenvalue weighted by Crippen LogP contribution is -2.48. The van der Waals surface area contributed by atoms with Crippen molar-refractivity contribution in [2.45, 2.75) is 17.4 Å². The molecule has 1 heterocycles. The molecule has 3 amide bonds. The van der Waals surface area contributed by atoms with Gasteiger partial charge in [0.1, 0.15) is 5.54 Å². The van der Waals surface area contributed by atoms with Gasteiger partial charge in [-0.15, -0.1) is 0 Å². The largest absolute Gasteiger partial charge is 0.323 e. The van der Waals surface area contributed by atoms with Gasteiger partial charge in [0.05, 0.1) is 16.6 Å². The number of benzene rings is 2. The molecule has 6 heteroatoms. The summed E-state index contributed by atoms with van der Waals surface area (Å²) in [6.07, 6.45) is 0. The molecule has 0 spiro atoms. The van der Waals surface area contributed by atoms with E-state index in [1.807, 2.05) is 42.5 Å². The minimum Gasteiger partial charge on any atom is -0.323 e. The van der Waals surface area contributed by atoms with E-state index in [1.165, 1.54) is 0 Å². The molecule has 0 aromatic heterocycles. The predicted octanol–water partition coefficient (Wildman–Crippen LogP) is 2.06. The Hall–Kier alpha value is -2.47. The molecule has 1 fully saturated rings. The summed E-state index contributed by atoms with van der Waals surface area (Å²) in [6, 6.07) is 16.7. The Kier molecular flexibility index (Phi) is 4.00. The molecule has 1 saturated heterocycles. The molecule has 3 rings (SSSR count). The summed E-state index contributed by atoms with van der Waals surface area (Å²) in [5.41, 5.74) is 0.976. The molecule has 1 aliphatic heterocycles. The fourth-order valence-electron chi connectivity index (χ4n) is 2.46. The van der Waals surface area contributed by atoms with E-state index in [0.29, 0.717) is 4.90 Å². The van der Waals surface area contributed by atoms with E-state index in [4.69, 9.17) is 0 Å². The van der Waals surface area contributed by atoms with E-state index in [9.17, 15) is 13.8 Å². The predicted molar refractivity (Wildman–Crippen MR) is 88.2 cm³/mol. The van der Waals surface area contributed by atoms with Crippen LogP contribution < -0.4 is 10.6 Å². The summed E-state index contributed by atoms with van der Waals surface area (Å²) in [5.74, 6) is -0.410. The van der Waals surface area contributed by atoms with Crippen LogP contribution in [0.1, 0.15) is 6.92 Å². The Morgan fingerprint density at radius 2 is 1.57 bits per heavy atom. The van der Waals surface area contributed by atoms with Crippen molar-refractivity contribution in [3.05, 3.63) is 54.6 Å². The van der Waals surface area contributed by atoms with Gasteiger partial charge in [0.25, 0.3) is 5.91 Å². The average Bonchev–Trinajstić information content (AvgIpc) is 2.80. The third-order valence-corrected chi connectivity index (χ3v) is 5.40. The van der Waals surface area contributed by atoms with Gasteiger partial charge in [-0.3, -0.25) is 14.3 Å². The lowest BCUT2D eigenvalue weighted by atomic mass is 10.1. The van der Waals surface area contributed by atoms with Crippen molar-refractivity contribution in [3.63, 3.8) is 0 Å². The Morgan fingerprint density at radius 3 is 2.13 bits per heavy atom. The van der Waals surface area contributed by atoms with Gasteiger partial charge in [0, 0.05) is 4.90 Å². The molecule has 118 valence electrons. The van der Waals surface area contributed by atoms with Crippen LogP contribution in [0.25, 0.3) is 11.1 Å². The number of amides is 3. The van der Waals surface area contributed by atoms with E-state index < -0.39 is 28.3 Å². The van der Waals surface area contributed by atoms with Crippen molar-refractivity contribution < 1.29 is 13.8 Å². The van der Waals surface area contributed by atoms with Crippen LogP contribution in [-0.4, -0.2) is 27.4 Å². The molecular formula is C17H16N2O3S. The lowest BCUT2D eigenvalue weighted by molar-refractivity contribution is -0.122. The maximum atomic E-state index is 12.5. The molecule has 2 aromatic carbocycles. The maximum absolute atomic E-state index is 12.5. The van der Waals surface area contributed by atoms with Crippen LogP contribution in [0, 0.1) is 0 Å². The first kappa shape index (κ1) is 15.4. The van der Waals surface area contributed by atoms with Gasteiger partial charge in [0.2, 0.25) is 0 Å². The summed E-state index contributed by atoms with van der Waals surface area (Å²) in [7, 11) is -1.39. The minimum absolute atomic E-state index is 0.0370. The molecule has 0 radical (unpaired) electrons. The first-order valence-corrected chi connectivity index (χ1v) is 8.47. The number of carbonyl (C=O) groups is 2. The smallest absolute Gasteiger partial charge is 0.322 e. The van der Waals surface area contributed by atoms with E-state index >= 15 is 0 Å². The molecule has 0 bridgehead atoms. The van der Waals surface area contributed by atoms with Crippen molar-refractivity contribution in [1.82, 2.24) is 10.6 Å².